The van der Waals surface area contributed by atoms with Gasteiger partial charge in [-0.3, -0.25) is 0 Å². The zero-order chi connectivity index (χ0) is 8.27. The first-order valence-corrected chi connectivity index (χ1v) is 3.67. The van der Waals surface area contributed by atoms with Gasteiger partial charge in [-0.1, -0.05) is 19.1 Å². The minimum absolute atomic E-state index is 0. The zero-order valence-corrected chi connectivity index (χ0v) is 6.59. The summed E-state index contributed by atoms with van der Waals surface area (Å²) in [6.07, 6.45) is 2.24. The van der Waals surface area contributed by atoms with Crippen molar-refractivity contribution >= 4 is 11.9 Å². The van der Waals surface area contributed by atoms with Crippen LogP contribution in [0.25, 0.3) is 0 Å². The highest BCUT2D eigenvalue weighted by molar-refractivity contribution is 5.86. The summed E-state index contributed by atoms with van der Waals surface area (Å²) in [4.78, 5) is 0. The summed E-state index contributed by atoms with van der Waals surface area (Å²) in [7, 11) is 0. The fraction of sp³-hybridized carbons (Fsp3) is 0.222. The smallest absolute Gasteiger partial charge is 0.0405 e. The van der Waals surface area contributed by atoms with E-state index in [1.165, 1.54) is 6.21 Å². The third-order valence-electron chi connectivity index (χ3n) is 1.76. The van der Waals surface area contributed by atoms with Crippen molar-refractivity contribution in [1.29, 1.82) is 5.41 Å². The Balaban J connectivity index is 0.00000121. The number of nitrogens with two attached hydrogens (primary N) is 1. The summed E-state index contributed by atoms with van der Waals surface area (Å²) >= 11 is 0. The van der Waals surface area contributed by atoms with Crippen LogP contribution in [0.2, 0.25) is 0 Å². The highest BCUT2D eigenvalue weighted by Gasteiger charge is 1.99. The molecule has 0 saturated heterocycles. The number of benzene rings is 1. The molecule has 0 heterocycles. The molecule has 11 heavy (non-hydrogen) atoms. The lowest BCUT2D eigenvalue weighted by molar-refractivity contribution is 1.13. The predicted octanol–water partition coefficient (Wildman–Crippen LogP) is 2.07. The Morgan fingerprint density at radius 1 is 1.64 bits per heavy atom. The van der Waals surface area contributed by atoms with Gasteiger partial charge in [0.15, 0.2) is 0 Å². The average molecular weight is 150 g/mol. The summed E-state index contributed by atoms with van der Waals surface area (Å²) < 4.78 is 0. The van der Waals surface area contributed by atoms with E-state index in [1.54, 1.807) is 0 Å². The highest BCUT2D eigenvalue weighted by atomic mass is 14.6. The van der Waals surface area contributed by atoms with E-state index in [0.717, 1.165) is 17.5 Å². The van der Waals surface area contributed by atoms with Crippen molar-refractivity contribution < 1.29 is 1.43 Å². The van der Waals surface area contributed by atoms with Crippen molar-refractivity contribution in [2.24, 2.45) is 0 Å². The number of aryl methyl sites for hydroxylation is 1. The number of nitrogen functional groups attached to an aromatic ring is 1. The molecule has 0 aromatic heterocycles. The molecule has 0 radical (unpaired) electrons. The van der Waals surface area contributed by atoms with Crippen molar-refractivity contribution in [2.75, 3.05) is 5.73 Å². The number of hydrogen-bond acceptors (Lipinski definition) is 2. The molecule has 0 unspecified atom stereocenters. The molecule has 2 nitrogen and oxygen atoms in total. The molecule has 0 spiro atoms. The average Bonchev–Trinajstić information content (AvgIpc) is 2.04. The van der Waals surface area contributed by atoms with Crippen LogP contribution in [0.1, 0.15) is 19.5 Å². The van der Waals surface area contributed by atoms with Crippen molar-refractivity contribution in [3.63, 3.8) is 0 Å². The number of rotatable bonds is 2. The first-order valence-electron chi connectivity index (χ1n) is 3.67. The first-order chi connectivity index (χ1) is 5.29. The second-order valence-corrected chi connectivity index (χ2v) is 2.42. The van der Waals surface area contributed by atoms with Gasteiger partial charge in [-0.15, -0.1) is 0 Å². The Kier molecular flexibility index (Phi) is 2.26. The highest BCUT2D eigenvalue weighted by Crippen LogP contribution is 2.14. The molecule has 1 rings (SSSR count). The van der Waals surface area contributed by atoms with Gasteiger partial charge in [-0.05, 0) is 18.1 Å². The van der Waals surface area contributed by atoms with Gasteiger partial charge in [0.1, 0.15) is 0 Å². The minimum Gasteiger partial charge on any atom is -0.398 e. The Morgan fingerprint density at radius 3 is 2.82 bits per heavy atom. The topological polar surface area (TPSA) is 49.9 Å². The summed E-state index contributed by atoms with van der Waals surface area (Å²) in [5, 5.41) is 7.12. The van der Waals surface area contributed by atoms with E-state index < -0.39 is 0 Å². The number of nitrogens with one attached hydrogen (secondary N) is 1. The Hall–Kier alpha value is -1.31. The molecule has 60 valence electrons. The van der Waals surface area contributed by atoms with Gasteiger partial charge < -0.3 is 11.1 Å². The van der Waals surface area contributed by atoms with E-state index in [-0.39, 0.29) is 1.43 Å². The minimum atomic E-state index is 0. The first kappa shape index (κ1) is 7.79. The predicted molar refractivity (Wildman–Crippen MR) is 50.2 cm³/mol. The van der Waals surface area contributed by atoms with Gasteiger partial charge in [0, 0.05) is 18.9 Å². The SMILES string of the molecule is CCc1cccc(N)c1C=N.[HH]. The van der Waals surface area contributed by atoms with Gasteiger partial charge in [0.2, 0.25) is 0 Å². The van der Waals surface area contributed by atoms with E-state index in [4.69, 9.17) is 11.1 Å². The standard InChI is InChI=1S/C9H12N2.H2/c1-2-7-4-3-5-9(11)8(7)6-10;/h3-6,10H,2,11H2,1H3;1H. The second-order valence-electron chi connectivity index (χ2n) is 2.42. The maximum atomic E-state index is 7.12. The molecule has 0 amide bonds. The lowest BCUT2D eigenvalue weighted by Crippen LogP contribution is -1.97. The van der Waals surface area contributed by atoms with E-state index in [1.807, 2.05) is 18.2 Å². The van der Waals surface area contributed by atoms with Crippen molar-refractivity contribution in [1.82, 2.24) is 0 Å². The molecule has 1 aromatic carbocycles. The monoisotopic (exact) mass is 150 g/mol. The summed E-state index contributed by atoms with van der Waals surface area (Å²) in [6, 6.07) is 5.73. The molecular weight excluding hydrogens is 136 g/mol. The van der Waals surface area contributed by atoms with Gasteiger partial charge >= 0.3 is 0 Å². The third-order valence-corrected chi connectivity index (χ3v) is 1.76. The molecule has 0 fully saturated rings. The Bertz CT molecular complexity index is 271. The van der Waals surface area contributed by atoms with Crippen molar-refractivity contribution in [3.8, 4) is 0 Å². The molecule has 1 aromatic rings. The van der Waals surface area contributed by atoms with Gasteiger partial charge in [-0.25, -0.2) is 0 Å². The molecule has 0 atom stereocenters. The number of hydrogen-bond donors (Lipinski definition) is 2. The Morgan fingerprint density at radius 2 is 2.36 bits per heavy atom. The zero-order valence-electron chi connectivity index (χ0n) is 6.59. The fourth-order valence-corrected chi connectivity index (χ4v) is 1.12. The van der Waals surface area contributed by atoms with Crippen LogP contribution in [0.15, 0.2) is 18.2 Å². The molecule has 2 heteroatoms. The fourth-order valence-electron chi connectivity index (χ4n) is 1.12. The normalized spacial score (nSPS) is 9.55. The van der Waals surface area contributed by atoms with E-state index in [9.17, 15) is 0 Å². The summed E-state index contributed by atoms with van der Waals surface area (Å²) in [5.41, 5.74) is 8.35. The van der Waals surface area contributed by atoms with E-state index in [0.29, 0.717) is 5.69 Å². The van der Waals surface area contributed by atoms with E-state index in [2.05, 4.69) is 6.92 Å². The van der Waals surface area contributed by atoms with E-state index >= 15 is 0 Å². The lowest BCUT2D eigenvalue weighted by Gasteiger charge is -2.04. The molecule has 0 bridgehead atoms. The van der Waals surface area contributed by atoms with Crippen LogP contribution < -0.4 is 5.73 Å². The summed E-state index contributed by atoms with van der Waals surface area (Å²) in [5.74, 6) is 0. The molecule has 0 aliphatic rings. The van der Waals surface area contributed by atoms with Crippen LogP contribution in [0.3, 0.4) is 0 Å². The van der Waals surface area contributed by atoms with Gasteiger partial charge in [-0.2, -0.15) is 0 Å². The molecule has 0 aliphatic carbocycles. The number of anilines is 1. The van der Waals surface area contributed by atoms with Crippen LogP contribution in [-0.4, -0.2) is 6.21 Å². The lowest BCUT2D eigenvalue weighted by atomic mass is 10.0. The van der Waals surface area contributed by atoms with Gasteiger partial charge in [0.05, 0.1) is 0 Å². The van der Waals surface area contributed by atoms with Crippen molar-refractivity contribution in [2.45, 2.75) is 13.3 Å². The van der Waals surface area contributed by atoms with Crippen LogP contribution in [0, 0.1) is 5.41 Å². The van der Waals surface area contributed by atoms with Crippen LogP contribution in [0.4, 0.5) is 5.69 Å². The third kappa shape index (κ3) is 1.40. The summed E-state index contributed by atoms with van der Waals surface area (Å²) in [6.45, 7) is 2.06. The van der Waals surface area contributed by atoms with Crippen LogP contribution >= 0.6 is 0 Å². The van der Waals surface area contributed by atoms with Gasteiger partial charge in [0.25, 0.3) is 0 Å². The molecular formula is C9H14N2. The molecule has 0 aliphatic heterocycles. The maximum absolute atomic E-state index is 7.12. The van der Waals surface area contributed by atoms with Crippen molar-refractivity contribution in [3.05, 3.63) is 29.3 Å². The van der Waals surface area contributed by atoms with Crippen LogP contribution in [0.5, 0.6) is 0 Å². The maximum Gasteiger partial charge on any atom is 0.0405 e. The second kappa shape index (κ2) is 3.19. The quantitative estimate of drug-likeness (QED) is 0.492. The Labute approximate surface area is 68.0 Å². The largest absolute Gasteiger partial charge is 0.398 e. The van der Waals surface area contributed by atoms with Crippen LogP contribution in [-0.2, 0) is 6.42 Å². The molecule has 3 N–H and O–H groups in total. The molecule has 0 saturated carbocycles.